The summed E-state index contributed by atoms with van der Waals surface area (Å²) in [5.74, 6) is 7.34. The Hall–Kier alpha value is -3.85. The van der Waals surface area contributed by atoms with Gasteiger partial charge in [-0.05, 0) is 76.1 Å². The second-order valence-corrected chi connectivity index (χ2v) is 13.4. The molecular weight excluding hydrogens is 630 g/mol. The molecular formula is C36H42ClN7O2S. The highest BCUT2D eigenvalue weighted by molar-refractivity contribution is 7.15. The first kappa shape index (κ1) is 34.5. The second-order valence-electron chi connectivity index (χ2n) is 11.8. The van der Waals surface area contributed by atoms with Crippen LogP contribution in [0.3, 0.4) is 0 Å². The molecule has 3 heterocycles. The molecule has 47 heavy (non-hydrogen) atoms. The molecule has 2 aromatic heterocycles. The van der Waals surface area contributed by atoms with Gasteiger partial charge in [0.1, 0.15) is 23.1 Å². The Morgan fingerprint density at radius 3 is 2.64 bits per heavy atom. The van der Waals surface area contributed by atoms with E-state index in [9.17, 15) is 9.90 Å². The van der Waals surface area contributed by atoms with Crippen LogP contribution in [-0.4, -0.2) is 50.8 Å². The van der Waals surface area contributed by atoms with Crippen molar-refractivity contribution in [2.45, 2.75) is 78.0 Å². The summed E-state index contributed by atoms with van der Waals surface area (Å²) in [5.41, 5.74) is 11.1. The fourth-order valence-corrected chi connectivity index (χ4v) is 7.05. The summed E-state index contributed by atoms with van der Waals surface area (Å²) in [7, 11) is 0. The number of benzene rings is 2. The molecule has 0 radical (unpaired) electrons. The molecule has 0 spiro atoms. The van der Waals surface area contributed by atoms with Gasteiger partial charge in [-0.3, -0.25) is 19.7 Å². The summed E-state index contributed by atoms with van der Waals surface area (Å²) in [4.78, 5) is 18.8. The zero-order valence-corrected chi connectivity index (χ0v) is 28.7. The summed E-state index contributed by atoms with van der Waals surface area (Å²) in [6.07, 6.45) is 4.84. The Morgan fingerprint density at radius 2 is 1.85 bits per heavy atom. The van der Waals surface area contributed by atoms with Crippen LogP contribution in [0, 0.1) is 32.6 Å². The Kier molecular flexibility index (Phi) is 12.0. The molecule has 4 aromatic rings. The van der Waals surface area contributed by atoms with Crippen molar-refractivity contribution in [3.8, 4) is 16.8 Å². The molecule has 11 heteroatoms. The van der Waals surface area contributed by atoms with E-state index >= 15 is 0 Å². The van der Waals surface area contributed by atoms with E-state index in [1.54, 1.807) is 11.3 Å². The van der Waals surface area contributed by atoms with E-state index in [1.807, 2.05) is 55.5 Å². The molecule has 1 aliphatic rings. The van der Waals surface area contributed by atoms with Gasteiger partial charge in [0.05, 0.1) is 12.3 Å². The fourth-order valence-electron chi connectivity index (χ4n) is 5.71. The topological polar surface area (TPSA) is 130 Å². The minimum absolute atomic E-state index is 0.00508. The zero-order chi connectivity index (χ0) is 33.3. The maximum atomic E-state index is 12.4. The summed E-state index contributed by atoms with van der Waals surface area (Å²) < 4.78 is 2.10. The molecule has 246 valence electrons. The van der Waals surface area contributed by atoms with E-state index in [2.05, 4.69) is 51.1 Å². The molecule has 2 atom stereocenters. The molecule has 0 bridgehead atoms. The number of amides is 1. The zero-order valence-electron chi connectivity index (χ0n) is 27.1. The van der Waals surface area contributed by atoms with Crippen LogP contribution in [0.15, 0.2) is 53.5 Å². The highest BCUT2D eigenvalue weighted by Gasteiger charge is 2.32. The number of unbranched alkanes of at least 4 members (excludes halogenated alkanes) is 4. The van der Waals surface area contributed by atoms with Crippen LogP contribution < -0.4 is 16.4 Å². The Labute approximate surface area is 285 Å². The van der Waals surface area contributed by atoms with Crippen molar-refractivity contribution < 1.29 is 9.90 Å². The van der Waals surface area contributed by atoms with Gasteiger partial charge in [0.2, 0.25) is 5.91 Å². The highest BCUT2D eigenvalue weighted by Crippen LogP contribution is 2.39. The van der Waals surface area contributed by atoms with Crippen molar-refractivity contribution >= 4 is 40.2 Å². The smallest absolute Gasteiger partial charge is 0.224 e. The van der Waals surface area contributed by atoms with Gasteiger partial charge in [-0.25, -0.2) is 0 Å². The SMILES string of the molecule is Cc1sc2c(c1C)C(c1ccc(Cl)cc1)=N[C@@H](CC(O)NCCCCCCCC(=O)Nc1cccc(C#CCN)c1)c1nnc(C)n1-2. The van der Waals surface area contributed by atoms with Crippen LogP contribution in [0.4, 0.5) is 5.69 Å². The quantitative estimate of drug-likeness (QED) is 0.0741. The second kappa shape index (κ2) is 16.3. The number of hydrogen-bond donors (Lipinski definition) is 4. The summed E-state index contributed by atoms with van der Waals surface area (Å²) in [6, 6.07) is 14.8. The van der Waals surface area contributed by atoms with Crippen molar-refractivity contribution in [1.82, 2.24) is 20.1 Å². The predicted octanol–water partition coefficient (Wildman–Crippen LogP) is 6.39. The predicted molar refractivity (Wildman–Crippen MR) is 191 cm³/mol. The van der Waals surface area contributed by atoms with E-state index in [1.165, 1.54) is 10.4 Å². The molecule has 5 N–H and O–H groups in total. The number of aliphatic hydroxyl groups excluding tert-OH is 1. The van der Waals surface area contributed by atoms with Crippen molar-refractivity contribution in [1.29, 1.82) is 0 Å². The largest absolute Gasteiger partial charge is 0.379 e. The maximum absolute atomic E-state index is 12.4. The number of fused-ring (bicyclic) bond motifs is 3. The molecule has 2 aromatic carbocycles. The van der Waals surface area contributed by atoms with Crippen LogP contribution in [-0.2, 0) is 4.79 Å². The maximum Gasteiger partial charge on any atom is 0.224 e. The Bertz CT molecular complexity index is 1780. The molecule has 1 aliphatic heterocycles. The molecule has 0 saturated heterocycles. The summed E-state index contributed by atoms with van der Waals surface area (Å²) in [6.45, 7) is 7.19. The molecule has 0 saturated carbocycles. The summed E-state index contributed by atoms with van der Waals surface area (Å²) in [5, 5.41) is 27.9. The number of aryl methyl sites for hydroxylation is 2. The fraction of sp³-hybridized carbons (Fsp3) is 0.389. The van der Waals surface area contributed by atoms with Crippen LogP contribution in [0.2, 0.25) is 5.02 Å². The molecule has 5 rings (SSSR count). The molecule has 1 unspecified atom stereocenters. The average molecular weight is 672 g/mol. The number of nitrogens with zero attached hydrogens (tertiary/aromatic N) is 4. The lowest BCUT2D eigenvalue weighted by atomic mass is 9.99. The van der Waals surface area contributed by atoms with E-state index in [4.69, 9.17) is 22.3 Å². The highest BCUT2D eigenvalue weighted by atomic mass is 35.5. The lowest BCUT2D eigenvalue weighted by molar-refractivity contribution is -0.116. The van der Waals surface area contributed by atoms with E-state index in [0.29, 0.717) is 31.0 Å². The molecule has 9 nitrogen and oxygen atoms in total. The van der Waals surface area contributed by atoms with E-state index < -0.39 is 12.3 Å². The van der Waals surface area contributed by atoms with Gasteiger partial charge in [0.15, 0.2) is 5.82 Å². The molecule has 1 amide bonds. The monoisotopic (exact) mass is 671 g/mol. The van der Waals surface area contributed by atoms with Gasteiger partial charge >= 0.3 is 0 Å². The first-order chi connectivity index (χ1) is 22.7. The van der Waals surface area contributed by atoms with Crippen LogP contribution in [0.1, 0.15) is 89.8 Å². The van der Waals surface area contributed by atoms with Crippen LogP contribution >= 0.6 is 22.9 Å². The van der Waals surface area contributed by atoms with Gasteiger partial charge in [-0.2, -0.15) is 0 Å². The summed E-state index contributed by atoms with van der Waals surface area (Å²) >= 11 is 7.93. The molecule has 0 aliphatic carbocycles. The van der Waals surface area contributed by atoms with Gasteiger partial charge in [0.25, 0.3) is 0 Å². The number of halogens is 1. The van der Waals surface area contributed by atoms with E-state index in [0.717, 1.165) is 76.8 Å². The van der Waals surface area contributed by atoms with Crippen molar-refractivity contribution in [2.75, 3.05) is 18.4 Å². The minimum atomic E-state index is -0.761. The number of hydrogen-bond acceptors (Lipinski definition) is 8. The number of aliphatic hydroxyl groups is 1. The lowest BCUT2D eigenvalue weighted by Crippen LogP contribution is -2.31. The number of rotatable bonds is 13. The normalized spacial score (nSPS) is 14.3. The van der Waals surface area contributed by atoms with Crippen molar-refractivity contribution in [3.63, 3.8) is 0 Å². The third-order valence-corrected chi connectivity index (χ3v) is 9.69. The first-order valence-electron chi connectivity index (χ1n) is 16.1. The number of nitrogens with two attached hydrogens (primary N) is 1. The van der Waals surface area contributed by atoms with Gasteiger partial charge in [-0.1, -0.05) is 60.9 Å². The number of carbonyl (C=O) groups excluding carboxylic acids is 1. The third kappa shape index (κ3) is 8.74. The van der Waals surface area contributed by atoms with Crippen LogP contribution in [0.25, 0.3) is 5.00 Å². The minimum Gasteiger partial charge on any atom is -0.379 e. The third-order valence-electron chi connectivity index (χ3n) is 8.25. The number of carbonyl (C=O) groups is 1. The number of nitrogens with one attached hydrogen (secondary N) is 2. The van der Waals surface area contributed by atoms with E-state index in [-0.39, 0.29) is 5.91 Å². The number of thiophene rings is 1. The van der Waals surface area contributed by atoms with Crippen molar-refractivity contribution in [3.05, 3.63) is 92.3 Å². The van der Waals surface area contributed by atoms with Gasteiger partial charge in [-0.15, -0.1) is 21.5 Å². The lowest BCUT2D eigenvalue weighted by Gasteiger charge is -2.18. The number of anilines is 1. The number of aliphatic imine (C=N–C) groups is 1. The first-order valence-corrected chi connectivity index (χ1v) is 17.3. The average Bonchev–Trinajstić information content (AvgIpc) is 3.53. The Morgan fingerprint density at radius 1 is 1.09 bits per heavy atom. The van der Waals surface area contributed by atoms with Gasteiger partial charge < -0.3 is 16.2 Å². The van der Waals surface area contributed by atoms with Gasteiger partial charge in [0, 0.05) is 45.1 Å². The Balaban J connectivity index is 1.11. The molecule has 0 fully saturated rings. The van der Waals surface area contributed by atoms with Crippen molar-refractivity contribution in [2.24, 2.45) is 10.7 Å². The van der Waals surface area contributed by atoms with Crippen LogP contribution in [0.5, 0.6) is 0 Å². The number of aromatic nitrogens is 3. The standard InChI is InChI=1S/C36H42ClN7O2S/c1-23-24(2)47-36-33(23)34(27-15-17-28(37)18-16-27)41-30(35-43-42-25(3)44(35)36)22-32(46)39-20-8-6-4-5-7-14-31(45)40-29-13-9-11-26(21-29)12-10-19-38/h9,11,13,15-18,21,30,32,39,46H,4-8,14,19-20,22,38H2,1-3H3,(H,40,45)/t30-,32?/m0/s1.